The number of nitrogens with zero attached hydrogens (tertiary/aromatic N) is 1. The minimum absolute atomic E-state index is 0.127. The second-order valence-electron chi connectivity index (χ2n) is 7.24. The fourth-order valence-corrected chi connectivity index (χ4v) is 3.70. The molecule has 2 aromatic rings. The molecule has 0 spiro atoms. The molecule has 1 aliphatic heterocycles. The molecule has 0 bridgehead atoms. The lowest BCUT2D eigenvalue weighted by molar-refractivity contribution is -0.141. The van der Waals surface area contributed by atoms with Gasteiger partial charge in [-0.15, -0.1) is 0 Å². The highest BCUT2D eigenvalue weighted by Crippen LogP contribution is 2.37. The quantitative estimate of drug-likeness (QED) is 0.692. The predicted molar refractivity (Wildman–Crippen MR) is 113 cm³/mol. The number of allylic oxidation sites excluding steroid dienone is 1. The maximum absolute atomic E-state index is 14.5. The van der Waals surface area contributed by atoms with E-state index < -0.39 is 17.7 Å². The molecule has 2 aromatic carbocycles. The van der Waals surface area contributed by atoms with Gasteiger partial charge in [-0.25, -0.2) is 9.18 Å². The molecular weight excluding hydrogens is 399 g/mol. The van der Waals surface area contributed by atoms with Gasteiger partial charge in [0.15, 0.2) is 0 Å². The molecule has 0 radical (unpaired) electrons. The van der Waals surface area contributed by atoms with E-state index in [9.17, 15) is 18.8 Å². The number of nitrogens with one attached hydrogen (secondary N) is 1. The number of hydrogen-bond acceptors (Lipinski definition) is 4. The molecule has 0 aromatic heterocycles. The molecule has 2 amide bonds. The van der Waals surface area contributed by atoms with Crippen LogP contribution in [0.15, 0.2) is 65.9 Å². The molecule has 0 saturated carbocycles. The number of amides is 2. The maximum Gasteiger partial charge on any atom is 0.336 e. The van der Waals surface area contributed by atoms with Gasteiger partial charge in [-0.2, -0.15) is 0 Å². The number of ether oxygens (including phenoxy) is 1. The van der Waals surface area contributed by atoms with Gasteiger partial charge in [0.1, 0.15) is 12.4 Å². The van der Waals surface area contributed by atoms with E-state index in [1.165, 1.54) is 11.0 Å². The van der Waals surface area contributed by atoms with E-state index in [-0.39, 0.29) is 42.5 Å². The van der Waals surface area contributed by atoms with Crippen LogP contribution in [0, 0.1) is 5.82 Å². The van der Waals surface area contributed by atoms with Crippen molar-refractivity contribution in [3.8, 4) is 0 Å². The minimum Gasteiger partial charge on any atom is -0.463 e. The summed E-state index contributed by atoms with van der Waals surface area (Å²) in [5, 5.41) is 2.78. The van der Waals surface area contributed by atoms with Crippen LogP contribution in [-0.2, 0) is 25.7 Å². The van der Waals surface area contributed by atoms with Crippen LogP contribution in [-0.4, -0.2) is 35.8 Å². The Kier molecular flexibility index (Phi) is 7.18. The minimum atomic E-state index is -0.767. The third-order valence-corrected chi connectivity index (χ3v) is 5.23. The summed E-state index contributed by atoms with van der Waals surface area (Å²) >= 11 is 0. The van der Waals surface area contributed by atoms with Crippen LogP contribution in [0.25, 0.3) is 0 Å². The number of hydrogen-bond donors (Lipinski definition) is 1. The number of carbonyl (C=O) groups excluding carboxylic acids is 3. The second-order valence-corrected chi connectivity index (χ2v) is 7.24. The van der Waals surface area contributed by atoms with Gasteiger partial charge in [0.05, 0.1) is 12.2 Å². The molecular formula is C24H25FN2O4. The lowest BCUT2D eigenvalue weighted by Gasteiger charge is -2.34. The van der Waals surface area contributed by atoms with E-state index in [0.717, 1.165) is 5.56 Å². The normalized spacial score (nSPS) is 16.3. The molecule has 6 nitrogen and oxygen atoms in total. The molecule has 1 aliphatic rings. The van der Waals surface area contributed by atoms with E-state index in [4.69, 9.17) is 4.74 Å². The van der Waals surface area contributed by atoms with Crippen molar-refractivity contribution in [1.29, 1.82) is 0 Å². The fourth-order valence-electron chi connectivity index (χ4n) is 3.70. The standard InChI is InChI=1S/C24H25FN2O4/c1-3-31-24(30)23-16(2)27(15-21(28)26-14-17-9-5-4-6-10-17)22(29)13-19(23)18-11-7-8-12-20(18)25/h4-12,19H,3,13-15H2,1-2H3,(H,26,28). The van der Waals surface area contributed by atoms with Gasteiger partial charge in [0, 0.05) is 24.6 Å². The molecule has 7 heteroatoms. The molecule has 0 saturated heterocycles. The monoisotopic (exact) mass is 424 g/mol. The fraction of sp³-hybridized carbons (Fsp3) is 0.292. The van der Waals surface area contributed by atoms with Crippen LogP contribution in [0.4, 0.5) is 4.39 Å². The van der Waals surface area contributed by atoms with Crippen LogP contribution in [0.2, 0.25) is 0 Å². The van der Waals surface area contributed by atoms with E-state index in [1.54, 1.807) is 32.0 Å². The maximum atomic E-state index is 14.5. The molecule has 0 fully saturated rings. The van der Waals surface area contributed by atoms with E-state index >= 15 is 0 Å². The lowest BCUT2D eigenvalue weighted by atomic mass is 9.83. The van der Waals surface area contributed by atoms with Crippen molar-refractivity contribution in [2.75, 3.05) is 13.2 Å². The lowest BCUT2D eigenvalue weighted by Crippen LogP contribution is -2.44. The van der Waals surface area contributed by atoms with Crippen molar-refractivity contribution in [2.24, 2.45) is 0 Å². The zero-order valence-electron chi connectivity index (χ0n) is 17.6. The van der Waals surface area contributed by atoms with E-state index in [2.05, 4.69) is 5.32 Å². The Hall–Kier alpha value is -3.48. The van der Waals surface area contributed by atoms with Crippen molar-refractivity contribution in [1.82, 2.24) is 10.2 Å². The third-order valence-electron chi connectivity index (χ3n) is 5.23. The predicted octanol–water partition coefficient (Wildman–Crippen LogP) is 3.30. The van der Waals surface area contributed by atoms with Gasteiger partial charge >= 0.3 is 5.97 Å². The first-order chi connectivity index (χ1) is 14.9. The average molecular weight is 424 g/mol. The third kappa shape index (κ3) is 5.17. The highest BCUT2D eigenvalue weighted by atomic mass is 19.1. The first-order valence-corrected chi connectivity index (χ1v) is 10.2. The first kappa shape index (κ1) is 22.2. The Morgan fingerprint density at radius 2 is 1.81 bits per heavy atom. The number of halogens is 1. The van der Waals surface area contributed by atoms with Crippen LogP contribution in [0.1, 0.15) is 37.3 Å². The zero-order chi connectivity index (χ0) is 22.4. The van der Waals surface area contributed by atoms with Crippen molar-refractivity contribution in [3.63, 3.8) is 0 Å². The summed E-state index contributed by atoms with van der Waals surface area (Å²) in [6.07, 6.45) is -0.127. The smallest absolute Gasteiger partial charge is 0.336 e. The highest BCUT2D eigenvalue weighted by molar-refractivity contribution is 5.97. The first-order valence-electron chi connectivity index (χ1n) is 10.2. The Morgan fingerprint density at radius 1 is 1.13 bits per heavy atom. The van der Waals surface area contributed by atoms with Crippen LogP contribution in [0.3, 0.4) is 0 Å². The number of rotatable bonds is 7. The highest BCUT2D eigenvalue weighted by Gasteiger charge is 2.38. The van der Waals surface area contributed by atoms with Gasteiger partial charge in [-0.05, 0) is 31.0 Å². The Balaban J connectivity index is 1.85. The molecule has 1 unspecified atom stereocenters. The average Bonchev–Trinajstić information content (AvgIpc) is 2.76. The number of esters is 1. The van der Waals surface area contributed by atoms with Gasteiger partial charge in [-0.1, -0.05) is 48.5 Å². The Labute approximate surface area is 180 Å². The summed E-state index contributed by atoms with van der Waals surface area (Å²) in [7, 11) is 0. The molecule has 31 heavy (non-hydrogen) atoms. The van der Waals surface area contributed by atoms with Gasteiger partial charge < -0.3 is 15.0 Å². The SMILES string of the molecule is CCOC(=O)C1=C(C)N(CC(=O)NCc2ccccc2)C(=O)CC1c1ccccc1F. The summed E-state index contributed by atoms with van der Waals surface area (Å²) in [5.41, 5.74) is 1.69. The molecule has 1 atom stereocenters. The van der Waals surface area contributed by atoms with Crippen LogP contribution in [0.5, 0.6) is 0 Å². The van der Waals surface area contributed by atoms with Crippen molar-refractivity contribution in [3.05, 3.63) is 82.8 Å². The Morgan fingerprint density at radius 3 is 2.48 bits per heavy atom. The summed E-state index contributed by atoms with van der Waals surface area (Å²) in [4.78, 5) is 39.3. The topological polar surface area (TPSA) is 75.7 Å². The summed E-state index contributed by atoms with van der Waals surface area (Å²) in [5.74, 6) is -2.59. The molecule has 0 aliphatic carbocycles. The Bertz CT molecular complexity index is 1000. The molecule has 3 rings (SSSR count). The van der Waals surface area contributed by atoms with E-state index in [1.807, 2.05) is 30.3 Å². The summed E-state index contributed by atoms with van der Waals surface area (Å²) in [6, 6.07) is 15.5. The van der Waals surface area contributed by atoms with Crippen molar-refractivity contribution < 1.29 is 23.5 Å². The zero-order valence-corrected chi connectivity index (χ0v) is 17.6. The van der Waals surface area contributed by atoms with Crippen LogP contribution < -0.4 is 5.32 Å². The van der Waals surface area contributed by atoms with Gasteiger partial charge in [0.25, 0.3) is 0 Å². The summed E-state index contributed by atoms with van der Waals surface area (Å²) < 4.78 is 19.6. The van der Waals surface area contributed by atoms with Gasteiger partial charge in [-0.3, -0.25) is 9.59 Å². The van der Waals surface area contributed by atoms with E-state index in [0.29, 0.717) is 12.2 Å². The largest absolute Gasteiger partial charge is 0.463 e. The number of benzene rings is 2. The van der Waals surface area contributed by atoms with Gasteiger partial charge in [0.2, 0.25) is 11.8 Å². The summed E-state index contributed by atoms with van der Waals surface area (Å²) in [6.45, 7) is 3.50. The van der Waals surface area contributed by atoms with Crippen LogP contribution >= 0.6 is 0 Å². The number of carbonyl (C=O) groups is 3. The molecule has 1 N–H and O–H groups in total. The van der Waals surface area contributed by atoms with Crippen molar-refractivity contribution in [2.45, 2.75) is 32.7 Å². The van der Waals surface area contributed by atoms with Crippen molar-refractivity contribution >= 4 is 17.8 Å². The molecule has 162 valence electrons. The second kappa shape index (κ2) is 10.0. The molecule has 1 heterocycles.